The van der Waals surface area contributed by atoms with Gasteiger partial charge in [-0.3, -0.25) is 0 Å². The number of rotatable bonds is 4. The number of benzene rings is 1. The molecule has 0 aromatic heterocycles. The Hall–Kier alpha value is -0.0500. The second-order valence-corrected chi connectivity index (χ2v) is 6.15. The monoisotopic (exact) mass is 330 g/mol. The van der Waals surface area contributed by atoms with Crippen LogP contribution in [-0.4, -0.2) is 10.9 Å². The van der Waals surface area contributed by atoms with Gasteiger partial charge in [0.2, 0.25) is 0 Å². The summed E-state index contributed by atoms with van der Waals surface area (Å²) >= 11 is 9.64. The van der Waals surface area contributed by atoms with Gasteiger partial charge in [-0.15, -0.1) is 0 Å². The zero-order chi connectivity index (χ0) is 12.8. The van der Waals surface area contributed by atoms with Crippen molar-refractivity contribution in [3.8, 4) is 0 Å². The largest absolute Gasteiger partial charge is 0.369 e. The number of hydrogen-bond acceptors (Lipinski definition) is 1. The van der Waals surface area contributed by atoms with Gasteiger partial charge in [0.1, 0.15) is 0 Å². The Morgan fingerprint density at radius 1 is 1.17 bits per heavy atom. The van der Waals surface area contributed by atoms with Crippen LogP contribution in [0.3, 0.4) is 0 Å². The van der Waals surface area contributed by atoms with Crippen molar-refractivity contribution in [3.05, 3.63) is 34.9 Å². The highest BCUT2D eigenvalue weighted by Crippen LogP contribution is 2.33. The van der Waals surface area contributed by atoms with Crippen molar-refractivity contribution in [3.63, 3.8) is 0 Å². The van der Waals surface area contributed by atoms with Crippen LogP contribution in [0.1, 0.15) is 44.1 Å². The van der Waals surface area contributed by atoms with Crippen molar-refractivity contribution in [2.45, 2.75) is 50.7 Å². The van der Waals surface area contributed by atoms with Gasteiger partial charge in [-0.1, -0.05) is 65.3 Å². The Labute approximate surface area is 123 Å². The summed E-state index contributed by atoms with van der Waals surface area (Å²) in [6.07, 6.45) is 7.57. The van der Waals surface area contributed by atoms with Crippen molar-refractivity contribution in [1.29, 1.82) is 0 Å². The second-order valence-electron chi connectivity index (χ2n) is 5.15. The maximum Gasteiger partial charge on any atom is 0.0783 e. The van der Waals surface area contributed by atoms with Gasteiger partial charge < -0.3 is 4.74 Å². The van der Waals surface area contributed by atoms with E-state index in [0.717, 1.165) is 15.9 Å². The molecule has 1 aromatic carbocycles. The Kier molecular flexibility index (Phi) is 5.53. The van der Waals surface area contributed by atoms with E-state index in [-0.39, 0.29) is 5.60 Å². The van der Waals surface area contributed by atoms with Crippen LogP contribution in [0.25, 0.3) is 0 Å². The first kappa shape index (κ1) is 14.4. The highest BCUT2D eigenvalue weighted by molar-refractivity contribution is 9.09. The maximum atomic E-state index is 6.24. The quantitative estimate of drug-likeness (QED) is 0.534. The van der Waals surface area contributed by atoms with Crippen molar-refractivity contribution >= 4 is 27.5 Å². The number of alkyl halides is 1. The van der Waals surface area contributed by atoms with Crippen LogP contribution >= 0.6 is 27.5 Å². The summed E-state index contributed by atoms with van der Waals surface area (Å²) in [6, 6.07) is 7.94. The zero-order valence-corrected chi connectivity index (χ0v) is 13.0. The Morgan fingerprint density at radius 2 is 1.89 bits per heavy atom. The van der Waals surface area contributed by atoms with Crippen LogP contribution in [0.2, 0.25) is 5.02 Å². The minimum atomic E-state index is 0.0266. The fraction of sp³-hybridized carbons (Fsp3) is 0.600. The molecular weight excluding hydrogens is 312 g/mol. The van der Waals surface area contributed by atoms with Crippen molar-refractivity contribution in [2.75, 3.05) is 5.33 Å². The molecule has 18 heavy (non-hydrogen) atoms. The van der Waals surface area contributed by atoms with E-state index in [9.17, 15) is 0 Å². The van der Waals surface area contributed by atoms with Crippen LogP contribution in [0.4, 0.5) is 0 Å². The van der Waals surface area contributed by atoms with Gasteiger partial charge in [0.15, 0.2) is 0 Å². The summed E-state index contributed by atoms with van der Waals surface area (Å²) in [4.78, 5) is 0. The third kappa shape index (κ3) is 3.97. The zero-order valence-electron chi connectivity index (χ0n) is 10.6. The summed E-state index contributed by atoms with van der Waals surface area (Å²) in [6.45, 7) is 0.659. The van der Waals surface area contributed by atoms with E-state index in [2.05, 4.69) is 22.0 Å². The van der Waals surface area contributed by atoms with E-state index in [1.165, 1.54) is 38.5 Å². The van der Waals surface area contributed by atoms with Gasteiger partial charge >= 0.3 is 0 Å². The minimum absolute atomic E-state index is 0.0266. The number of ether oxygens (including phenoxy) is 1. The molecule has 1 aliphatic rings. The SMILES string of the molecule is Clc1cccc(COC2(CBr)CCCCCC2)c1. The lowest BCUT2D eigenvalue weighted by Crippen LogP contribution is -2.33. The highest BCUT2D eigenvalue weighted by Gasteiger charge is 2.30. The van der Waals surface area contributed by atoms with Crippen LogP contribution in [0.15, 0.2) is 24.3 Å². The molecule has 0 spiro atoms. The lowest BCUT2D eigenvalue weighted by Gasteiger charge is -2.31. The van der Waals surface area contributed by atoms with E-state index in [4.69, 9.17) is 16.3 Å². The van der Waals surface area contributed by atoms with Gasteiger partial charge in [-0.2, -0.15) is 0 Å². The molecule has 0 saturated heterocycles. The van der Waals surface area contributed by atoms with E-state index in [0.29, 0.717) is 6.61 Å². The lowest BCUT2D eigenvalue weighted by atomic mass is 9.96. The first-order chi connectivity index (χ1) is 8.74. The van der Waals surface area contributed by atoms with Crippen LogP contribution in [-0.2, 0) is 11.3 Å². The van der Waals surface area contributed by atoms with Gasteiger partial charge in [-0.05, 0) is 30.5 Å². The van der Waals surface area contributed by atoms with E-state index < -0.39 is 0 Å². The van der Waals surface area contributed by atoms with Gasteiger partial charge in [0, 0.05) is 10.4 Å². The molecule has 3 heteroatoms. The minimum Gasteiger partial charge on any atom is -0.369 e. The Bertz CT molecular complexity index is 373. The molecule has 0 aliphatic heterocycles. The highest BCUT2D eigenvalue weighted by atomic mass is 79.9. The summed E-state index contributed by atoms with van der Waals surface area (Å²) < 4.78 is 6.24. The fourth-order valence-electron chi connectivity index (χ4n) is 2.55. The molecule has 2 rings (SSSR count). The average molecular weight is 332 g/mol. The number of halogens is 2. The third-order valence-corrected chi connectivity index (χ3v) is 4.95. The van der Waals surface area contributed by atoms with E-state index in [1.54, 1.807) is 0 Å². The predicted octanol–water partition coefficient (Wildman–Crippen LogP) is 5.34. The topological polar surface area (TPSA) is 9.23 Å². The standard InChI is InChI=1S/C15H20BrClO/c16-12-15(8-3-1-2-4-9-15)18-11-13-6-5-7-14(17)10-13/h5-7,10H,1-4,8-9,11-12H2. The van der Waals surface area contributed by atoms with Gasteiger partial charge in [0.25, 0.3) is 0 Å². The third-order valence-electron chi connectivity index (χ3n) is 3.69. The fourth-order valence-corrected chi connectivity index (χ4v) is 3.49. The normalized spacial score (nSPS) is 19.4. The molecule has 1 saturated carbocycles. The molecule has 0 unspecified atom stereocenters. The van der Waals surface area contributed by atoms with Crippen molar-refractivity contribution in [1.82, 2.24) is 0 Å². The molecule has 0 bridgehead atoms. The summed E-state index contributed by atoms with van der Waals surface area (Å²) in [5.41, 5.74) is 1.19. The first-order valence-corrected chi connectivity index (χ1v) is 8.18. The molecule has 1 fully saturated rings. The molecule has 1 aromatic rings. The summed E-state index contributed by atoms with van der Waals surface area (Å²) in [5, 5.41) is 1.71. The van der Waals surface area contributed by atoms with E-state index >= 15 is 0 Å². The molecule has 0 heterocycles. The van der Waals surface area contributed by atoms with E-state index in [1.807, 2.05) is 18.2 Å². The molecule has 1 nitrogen and oxygen atoms in total. The second kappa shape index (κ2) is 6.93. The van der Waals surface area contributed by atoms with Crippen LogP contribution in [0, 0.1) is 0 Å². The summed E-state index contributed by atoms with van der Waals surface area (Å²) in [5.74, 6) is 0. The van der Waals surface area contributed by atoms with Crippen molar-refractivity contribution < 1.29 is 4.74 Å². The molecule has 100 valence electrons. The lowest BCUT2D eigenvalue weighted by molar-refractivity contribution is -0.0485. The predicted molar refractivity (Wildman–Crippen MR) is 80.5 cm³/mol. The van der Waals surface area contributed by atoms with Crippen LogP contribution in [0.5, 0.6) is 0 Å². The molecule has 0 N–H and O–H groups in total. The summed E-state index contributed by atoms with van der Waals surface area (Å²) in [7, 11) is 0. The molecule has 1 aliphatic carbocycles. The molecule has 0 amide bonds. The van der Waals surface area contributed by atoms with Crippen LogP contribution < -0.4 is 0 Å². The molecular formula is C15H20BrClO. The van der Waals surface area contributed by atoms with Gasteiger partial charge in [0.05, 0.1) is 12.2 Å². The van der Waals surface area contributed by atoms with Crippen molar-refractivity contribution in [2.24, 2.45) is 0 Å². The van der Waals surface area contributed by atoms with Gasteiger partial charge in [-0.25, -0.2) is 0 Å². The Morgan fingerprint density at radius 3 is 2.50 bits per heavy atom. The number of hydrogen-bond donors (Lipinski definition) is 0. The maximum absolute atomic E-state index is 6.24. The molecule has 0 radical (unpaired) electrons. The average Bonchev–Trinajstić information content (AvgIpc) is 2.63. The smallest absolute Gasteiger partial charge is 0.0783 e. The first-order valence-electron chi connectivity index (χ1n) is 6.68. The molecule has 0 atom stereocenters. The Balaban J connectivity index is 1.97.